The number of benzene rings is 1. The van der Waals surface area contributed by atoms with Crippen molar-refractivity contribution in [3.63, 3.8) is 0 Å². The molecule has 2 rings (SSSR count). The first kappa shape index (κ1) is 15.5. The van der Waals surface area contributed by atoms with Gasteiger partial charge in [-0.3, -0.25) is 14.5 Å². The Kier molecular flexibility index (Phi) is 4.93. The first-order chi connectivity index (χ1) is 9.97. The summed E-state index contributed by atoms with van der Waals surface area (Å²) in [6.45, 7) is 1.49. The number of hydrogen-bond acceptors (Lipinski definition) is 4. The minimum Gasteiger partial charge on any atom is -0.480 e. The molecule has 0 saturated carbocycles. The zero-order valence-corrected chi connectivity index (χ0v) is 12.9. The van der Waals surface area contributed by atoms with Crippen LogP contribution in [0.15, 0.2) is 46.9 Å². The van der Waals surface area contributed by atoms with Crippen LogP contribution in [0.1, 0.15) is 12.5 Å². The predicted octanol–water partition coefficient (Wildman–Crippen LogP) is 2.92. The third kappa shape index (κ3) is 4.03. The monoisotopic (exact) mass is 319 g/mol. The number of carboxylic acid groups (broad SMARTS) is 1. The summed E-state index contributed by atoms with van der Waals surface area (Å²) < 4.78 is 0.279. The van der Waals surface area contributed by atoms with Gasteiger partial charge in [-0.2, -0.15) is 0 Å². The van der Waals surface area contributed by atoms with Crippen molar-refractivity contribution in [1.29, 1.82) is 0 Å². The molecule has 1 amide bonds. The molecule has 0 unspecified atom stereocenters. The van der Waals surface area contributed by atoms with Crippen LogP contribution in [0.3, 0.4) is 0 Å². The van der Waals surface area contributed by atoms with E-state index in [1.54, 1.807) is 6.08 Å². The van der Waals surface area contributed by atoms with Crippen LogP contribution in [0.2, 0.25) is 0 Å². The second kappa shape index (κ2) is 6.69. The van der Waals surface area contributed by atoms with Gasteiger partial charge in [0.15, 0.2) is 0 Å². The highest BCUT2D eigenvalue weighted by atomic mass is 32.2. The third-order valence-electron chi connectivity index (χ3n) is 2.72. The number of aliphatic carboxylic acids is 1. The number of carboxylic acids is 1. The number of amides is 1. The van der Waals surface area contributed by atoms with Gasteiger partial charge in [-0.1, -0.05) is 60.4 Å². The lowest BCUT2D eigenvalue weighted by molar-refractivity contribution is -0.140. The van der Waals surface area contributed by atoms with Crippen molar-refractivity contribution in [2.75, 3.05) is 6.54 Å². The van der Waals surface area contributed by atoms with E-state index in [1.165, 1.54) is 0 Å². The maximum Gasteiger partial charge on any atom is 0.323 e. The smallest absolute Gasteiger partial charge is 0.323 e. The molecule has 1 saturated heterocycles. The molecule has 1 heterocycles. The Balaban J connectivity index is 2.18. The van der Waals surface area contributed by atoms with Gasteiger partial charge in [0.1, 0.15) is 10.9 Å². The normalized spacial score (nSPS) is 17.7. The molecule has 108 valence electrons. The molecule has 21 heavy (non-hydrogen) atoms. The van der Waals surface area contributed by atoms with E-state index in [9.17, 15) is 9.59 Å². The molecule has 0 aromatic heterocycles. The summed E-state index contributed by atoms with van der Waals surface area (Å²) >= 11 is 6.17. The van der Waals surface area contributed by atoms with Crippen LogP contribution in [-0.2, 0) is 9.59 Å². The summed E-state index contributed by atoms with van der Waals surface area (Å²) in [4.78, 5) is 24.4. The van der Waals surface area contributed by atoms with Crippen LogP contribution in [-0.4, -0.2) is 32.7 Å². The maximum absolute atomic E-state index is 12.1. The maximum atomic E-state index is 12.1. The molecular weight excluding hydrogens is 306 g/mol. The van der Waals surface area contributed by atoms with Crippen LogP contribution in [0, 0.1) is 0 Å². The highest BCUT2D eigenvalue weighted by Gasteiger charge is 2.33. The Morgan fingerprint density at radius 1 is 1.38 bits per heavy atom. The van der Waals surface area contributed by atoms with Gasteiger partial charge < -0.3 is 5.11 Å². The van der Waals surface area contributed by atoms with Crippen molar-refractivity contribution in [1.82, 2.24) is 4.90 Å². The van der Waals surface area contributed by atoms with E-state index >= 15 is 0 Å². The Morgan fingerprint density at radius 3 is 2.67 bits per heavy atom. The van der Waals surface area contributed by atoms with Crippen LogP contribution < -0.4 is 0 Å². The first-order valence-electron chi connectivity index (χ1n) is 6.18. The average molecular weight is 319 g/mol. The zero-order valence-electron chi connectivity index (χ0n) is 11.3. The Morgan fingerprint density at radius 2 is 2.05 bits per heavy atom. The van der Waals surface area contributed by atoms with E-state index in [-0.39, 0.29) is 10.2 Å². The lowest BCUT2D eigenvalue weighted by Gasteiger charge is -2.10. The highest BCUT2D eigenvalue weighted by molar-refractivity contribution is 8.26. The van der Waals surface area contributed by atoms with E-state index in [1.807, 2.05) is 43.3 Å². The first-order valence-corrected chi connectivity index (χ1v) is 7.40. The largest absolute Gasteiger partial charge is 0.480 e. The molecule has 1 aliphatic heterocycles. The van der Waals surface area contributed by atoms with Crippen LogP contribution in [0.5, 0.6) is 0 Å². The molecule has 0 bridgehead atoms. The van der Waals surface area contributed by atoms with E-state index in [0.29, 0.717) is 4.91 Å². The molecule has 6 heteroatoms. The minimum absolute atomic E-state index is 0.279. The lowest BCUT2D eigenvalue weighted by atomic mass is 10.1. The summed E-state index contributed by atoms with van der Waals surface area (Å²) in [5.74, 6) is -1.43. The van der Waals surface area contributed by atoms with Crippen molar-refractivity contribution in [3.8, 4) is 0 Å². The Bertz CT molecular complexity index is 650. The quantitative estimate of drug-likeness (QED) is 0.683. The van der Waals surface area contributed by atoms with Crippen molar-refractivity contribution in [2.24, 2.45) is 0 Å². The number of carbonyl (C=O) groups is 2. The fourth-order valence-corrected chi connectivity index (χ4v) is 3.14. The zero-order chi connectivity index (χ0) is 15.4. The van der Waals surface area contributed by atoms with Crippen molar-refractivity contribution in [3.05, 3.63) is 52.4 Å². The Hall–Kier alpha value is -1.92. The van der Waals surface area contributed by atoms with E-state index in [4.69, 9.17) is 17.3 Å². The lowest BCUT2D eigenvalue weighted by Crippen LogP contribution is -2.33. The molecular formula is C15H13NO3S2. The standard InChI is InChI=1S/C15H13NO3S2/c1-10(7-11-5-3-2-4-6-11)8-12-14(19)16(9-13(17)18)15(20)21-12/h2-8H,9H2,1H3,(H,17,18)/b10-7+,12-8+. The van der Waals surface area contributed by atoms with Crippen LogP contribution >= 0.6 is 24.0 Å². The molecule has 4 nitrogen and oxygen atoms in total. The molecule has 1 fully saturated rings. The van der Waals surface area contributed by atoms with Crippen LogP contribution in [0.25, 0.3) is 6.08 Å². The fourth-order valence-electron chi connectivity index (χ4n) is 1.83. The summed E-state index contributed by atoms with van der Waals surface area (Å²) in [7, 11) is 0. The number of hydrogen-bond donors (Lipinski definition) is 1. The molecule has 0 atom stereocenters. The molecule has 1 aromatic carbocycles. The number of thioether (sulfide) groups is 1. The van der Waals surface area contributed by atoms with E-state index in [0.717, 1.165) is 27.8 Å². The van der Waals surface area contributed by atoms with Crippen LogP contribution in [0.4, 0.5) is 0 Å². The van der Waals surface area contributed by atoms with Crippen molar-refractivity contribution >= 4 is 46.3 Å². The number of allylic oxidation sites excluding steroid dienone is 2. The summed E-state index contributed by atoms with van der Waals surface area (Å²) in [5.41, 5.74) is 1.93. The SMILES string of the molecule is CC(=C\c1ccccc1)/C=C1/SC(=S)N(CC(=O)O)C1=O. The van der Waals surface area contributed by atoms with Gasteiger partial charge in [-0.15, -0.1) is 0 Å². The molecule has 0 aliphatic carbocycles. The molecule has 1 aliphatic rings. The van der Waals surface area contributed by atoms with Gasteiger partial charge in [-0.05, 0) is 24.1 Å². The average Bonchev–Trinajstić information content (AvgIpc) is 2.67. The van der Waals surface area contributed by atoms with E-state index in [2.05, 4.69) is 0 Å². The summed E-state index contributed by atoms with van der Waals surface area (Å²) in [6.07, 6.45) is 3.68. The van der Waals surface area contributed by atoms with Gasteiger partial charge >= 0.3 is 5.97 Å². The minimum atomic E-state index is -1.08. The highest BCUT2D eigenvalue weighted by Crippen LogP contribution is 2.31. The Labute approximate surface area is 132 Å². The van der Waals surface area contributed by atoms with E-state index < -0.39 is 12.5 Å². The summed E-state index contributed by atoms with van der Waals surface area (Å²) in [5, 5.41) is 8.78. The van der Waals surface area contributed by atoms with Gasteiger partial charge in [0.05, 0.1) is 4.91 Å². The van der Waals surface area contributed by atoms with Gasteiger partial charge in [-0.25, -0.2) is 0 Å². The van der Waals surface area contributed by atoms with Crippen molar-refractivity contribution in [2.45, 2.75) is 6.92 Å². The number of carbonyl (C=O) groups excluding carboxylic acids is 1. The topological polar surface area (TPSA) is 57.6 Å². The molecule has 1 N–H and O–H groups in total. The second-order valence-electron chi connectivity index (χ2n) is 4.46. The second-order valence-corrected chi connectivity index (χ2v) is 6.14. The number of nitrogens with zero attached hydrogens (tertiary/aromatic N) is 1. The molecule has 1 aromatic rings. The van der Waals surface area contributed by atoms with Gasteiger partial charge in [0.2, 0.25) is 0 Å². The fraction of sp³-hybridized carbons (Fsp3) is 0.133. The predicted molar refractivity (Wildman–Crippen MR) is 87.7 cm³/mol. The van der Waals surface area contributed by atoms with Gasteiger partial charge in [0.25, 0.3) is 5.91 Å². The van der Waals surface area contributed by atoms with Gasteiger partial charge in [0, 0.05) is 0 Å². The molecule has 0 spiro atoms. The molecule has 0 radical (unpaired) electrons. The number of thiocarbonyl (C=S) groups is 1. The van der Waals surface area contributed by atoms with Crippen molar-refractivity contribution < 1.29 is 14.7 Å². The summed E-state index contributed by atoms with van der Waals surface area (Å²) in [6, 6.07) is 9.74. The third-order valence-corrected chi connectivity index (χ3v) is 4.10. The number of rotatable bonds is 4.